The van der Waals surface area contributed by atoms with E-state index >= 15 is 0 Å². The fraction of sp³-hybridized carbons (Fsp3) is 0. The molecule has 0 radical (unpaired) electrons. The maximum absolute atomic E-state index is 4.06. The lowest BCUT2D eigenvalue weighted by atomic mass is 10.3. The normalized spacial score (nSPS) is 8.73. The Morgan fingerprint density at radius 1 is 1.18 bits per heavy atom. The second kappa shape index (κ2) is 3.56. The van der Waals surface area contributed by atoms with Gasteiger partial charge in [0.1, 0.15) is 0 Å². The lowest BCUT2D eigenvalue weighted by molar-refractivity contribution is 1.34. The van der Waals surface area contributed by atoms with Gasteiger partial charge in [0.15, 0.2) is 0 Å². The maximum Gasteiger partial charge on any atom is 0.0931 e. The van der Waals surface area contributed by atoms with Crippen molar-refractivity contribution in [2.45, 2.75) is 0 Å². The van der Waals surface area contributed by atoms with E-state index in [1.165, 1.54) is 0 Å². The zero-order valence-corrected chi connectivity index (χ0v) is 6.25. The van der Waals surface area contributed by atoms with Gasteiger partial charge in [0.05, 0.1) is 17.4 Å². The molecule has 2 rings (SSSR count). The van der Waals surface area contributed by atoms with Gasteiger partial charge < -0.3 is 4.98 Å². The van der Waals surface area contributed by atoms with Crippen LogP contribution < -0.4 is 0 Å². The number of hydrogen-bond donors (Lipinski definition) is 1. The number of rotatable bonds is 0. The minimum Gasteiger partial charge on any atom is -0.345 e. The largest absolute Gasteiger partial charge is 0.345 e. The lowest BCUT2D eigenvalue weighted by Gasteiger charge is -1.81. The van der Waals surface area contributed by atoms with Crippen LogP contribution in [0.3, 0.4) is 0 Å². The number of H-pyrrole nitrogens is 1. The second-order valence-corrected chi connectivity index (χ2v) is 1.92. The topological polar surface area (TPSA) is 28.7 Å². The van der Waals surface area contributed by atoms with Crippen LogP contribution in [0.2, 0.25) is 0 Å². The van der Waals surface area contributed by atoms with Crippen molar-refractivity contribution >= 4 is 11.0 Å². The monoisotopic (exact) mass is 146 g/mol. The number of hydrogen-bond acceptors (Lipinski definition) is 1. The maximum atomic E-state index is 4.06. The van der Waals surface area contributed by atoms with Gasteiger partial charge in [0.2, 0.25) is 0 Å². The van der Waals surface area contributed by atoms with Crippen molar-refractivity contribution < 1.29 is 0 Å². The van der Waals surface area contributed by atoms with Gasteiger partial charge in [-0.3, -0.25) is 0 Å². The van der Waals surface area contributed by atoms with Gasteiger partial charge in [0, 0.05) is 0 Å². The SMILES string of the molecule is C=C.c1ccc2[nH]cnc2c1. The van der Waals surface area contributed by atoms with Gasteiger partial charge in [-0.05, 0) is 12.1 Å². The Kier molecular flexibility index (Phi) is 2.44. The first-order valence-corrected chi connectivity index (χ1v) is 3.35. The molecule has 1 N–H and O–H groups in total. The molecule has 0 aliphatic carbocycles. The molecule has 0 amide bonds. The molecule has 0 spiro atoms. The molecule has 0 saturated heterocycles. The first kappa shape index (κ1) is 7.54. The van der Waals surface area contributed by atoms with E-state index in [1.54, 1.807) is 6.33 Å². The number of fused-ring (bicyclic) bond motifs is 1. The van der Waals surface area contributed by atoms with Gasteiger partial charge in [-0.2, -0.15) is 0 Å². The summed E-state index contributed by atoms with van der Waals surface area (Å²) in [6, 6.07) is 7.94. The van der Waals surface area contributed by atoms with E-state index < -0.39 is 0 Å². The molecule has 1 heterocycles. The van der Waals surface area contributed by atoms with Crippen LogP contribution in [0.4, 0.5) is 0 Å². The van der Waals surface area contributed by atoms with Crippen LogP contribution in [0.1, 0.15) is 0 Å². The van der Waals surface area contributed by atoms with Crippen LogP contribution in [0, 0.1) is 0 Å². The summed E-state index contributed by atoms with van der Waals surface area (Å²) < 4.78 is 0. The average Bonchev–Trinajstić information content (AvgIpc) is 2.55. The highest BCUT2D eigenvalue weighted by Crippen LogP contribution is 2.05. The molecule has 2 aromatic rings. The third kappa shape index (κ3) is 1.46. The molecular formula is C9H10N2. The number of aromatic amines is 1. The molecule has 1 aromatic carbocycles. The summed E-state index contributed by atoms with van der Waals surface area (Å²) in [5.74, 6) is 0. The molecule has 11 heavy (non-hydrogen) atoms. The molecule has 0 aliphatic rings. The van der Waals surface area contributed by atoms with Crippen LogP contribution in [0.25, 0.3) is 11.0 Å². The van der Waals surface area contributed by atoms with Crippen molar-refractivity contribution in [3.63, 3.8) is 0 Å². The minimum absolute atomic E-state index is 1.03. The number of para-hydroxylation sites is 2. The predicted octanol–water partition coefficient (Wildman–Crippen LogP) is 2.37. The molecule has 1 aromatic heterocycles. The first-order chi connectivity index (χ1) is 5.47. The Morgan fingerprint density at radius 3 is 2.64 bits per heavy atom. The quantitative estimate of drug-likeness (QED) is 0.568. The van der Waals surface area contributed by atoms with Gasteiger partial charge >= 0.3 is 0 Å². The summed E-state index contributed by atoms with van der Waals surface area (Å²) in [6.07, 6.45) is 1.70. The van der Waals surface area contributed by atoms with Crippen LogP contribution >= 0.6 is 0 Å². The zero-order valence-electron chi connectivity index (χ0n) is 6.25. The van der Waals surface area contributed by atoms with Gasteiger partial charge in [-0.15, -0.1) is 13.2 Å². The Hall–Kier alpha value is -1.57. The highest BCUT2D eigenvalue weighted by atomic mass is 14.9. The summed E-state index contributed by atoms with van der Waals surface area (Å²) in [7, 11) is 0. The van der Waals surface area contributed by atoms with Crippen LogP contribution in [-0.2, 0) is 0 Å². The smallest absolute Gasteiger partial charge is 0.0931 e. The van der Waals surface area contributed by atoms with Crippen LogP contribution in [0.5, 0.6) is 0 Å². The Morgan fingerprint density at radius 2 is 1.91 bits per heavy atom. The summed E-state index contributed by atoms with van der Waals surface area (Å²) in [5.41, 5.74) is 2.12. The fourth-order valence-corrected chi connectivity index (χ4v) is 0.880. The number of aromatic nitrogens is 2. The van der Waals surface area contributed by atoms with E-state index in [2.05, 4.69) is 23.1 Å². The van der Waals surface area contributed by atoms with Crippen LogP contribution in [0.15, 0.2) is 43.8 Å². The molecule has 0 bridgehead atoms. The first-order valence-electron chi connectivity index (χ1n) is 3.35. The number of nitrogens with zero attached hydrogens (tertiary/aromatic N) is 1. The molecule has 0 saturated carbocycles. The minimum atomic E-state index is 1.03. The van der Waals surface area contributed by atoms with E-state index in [9.17, 15) is 0 Å². The Balaban J connectivity index is 0.000000281. The van der Waals surface area contributed by atoms with Crippen molar-refractivity contribution in [3.8, 4) is 0 Å². The average molecular weight is 146 g/mol. The van der Waals surface area contributed by atoms with Crippen molar-refractivity contribution in [1.29, 1.82) is 0 Å². The highest BCUT2D eigenvalue weighted by Gasteiger charge is 1.88. The highest BCUT2D eigenvalue weighted by molar-refractivity contribution is 5.73. The third-order valence-electron chi connectivity index (χ3n) is 1.33. The van der Waals surface area contributed by atoms with Crippen molar-refractivity contribution in [3.05, 3.63) is 43.8 Å². The zero-order chi connectivity index (χ0) is 8.10. The van der Waals surface area contributed by atoms with Crippen molar-refractivity contribution in [2.75, 3.05) is 0 Å². The second-order valence-electron chi connectivity index (χ2n) is 1.92. The Bertz CT molecular complexity index is 295. The molecule has 0 atom stereocenters. The van der Waals surface area contributed by atoms with E-state index in [0.717, 1.165) is 11.0 Å². The van der Waals surface area contributed by atoms with Gasteiger partial charge in [-0.1, -0.05) is 12.1 Å². The molecule has 0 fully saturated rings. The molecule has 2 heteroatoms. The van der Waals surface area contributed by atoms with Gasteiger partial charge in [0.25, 0.3) is 0 Å². The molecule has 2 nitrogen and oxygen atoms in total. The van der Waals surface area contributed by atoms with Crippen LogP contribution in [-0.4, -0.2) is 9.97 Å². The third-order valence-corrected chi connectivity index (χ3v) is 1.33. The standard InChI is InChI=1S/C7H6N2.C2H4/c1-2-4-7-6(3-1)8-5-9-7;1-2/h1-5H,(H,8,9);1-2H2. The van der Waals surface area contributed by atoms with Crippen molar-refractivity contribution in [1.82, 2.24) is 9.97 Å². The predicted molar refractivity (Wildman–Crippen MR) is 47.3 cm³/mol. The molecular weight excluding hydrogens is 136 g/mol. The fourth-order valence-electron chi connectivity index (χ4n) is 0.880. The number of imidazole rings is 1. The van der Waals surface area contributed by atoms with E-state index in [1.807, 2.05) is 24.3 Å². The summed E-state index contributed by atoms with van der Waals surface area (Å²) in [5, 5.41) is 0. The van der Waals surface area contributed by atoms with Gasteiger partial charge in [-0.25, -0.2) is 4.98 Å². The summed E-state index contributed by atoms with van der Waals surface area (Å²) >= 11 is 0. The molecule has 56 valence electrons. The number of benzene rings is 1. The van der Waals surface area contributed by atoms with Crippen molar-refractivity contribution in [2.24, 2.45) is 0 Å². The molecule has 0 aliphatic heterocycles. The van der Waals surface area contributed by atoms with E-state index in [4.69, 9.17) is 0 Å². The summed E-state index contributed by atoms with van der Waals surface area (Å²) in [6.45, 7) is 6.00. The lowest BCUT2D eigenvalue weighted by Crippen LogP contribution is -1.63. The Labute approximate surface area is 65.6 Å². The summed E-state index contributed by atoms with van der Waals surface area (Å²) in [4.78, 5) is 7.07. The van der Waals surface area contributed by atoms with E-state index in [-0.39, 0.29) is 0 Å². The van der Waals surface area contributed by atoms with E-state index in [0.29, 0.717) is 0 Å². The molecule has 0 unspecified atom stereocenters. The number of nitrogens with one attached hydrogen (secondary N) is 1.